The summed E-state index contributed by atoms with van der Waals surface area (Å²) in [6.45, 7) is 9.71. The molecule has 0 unspecified atom stereocenters. The normalized spacial score (nSPS) is 17.8. The number of aryl methyl sites for hydroxylation is 1. The minimum atomic E-state index is -0.481. The van der Waals surface area contributed by atoms with Crippen LogP contribution in [-0.4, -0.2) is 42.3 Å². The Morgan fingerprint density at radius 1 is 1.06 bits per heavy atom. The van der Waals surface area contributed by atoms with E-state index in [-0.39, 0.29) is 6.09 Å². The quantitative estimate of drug-likeness (QED) is 0.713. The van der Waals surface area contributed by atoms with Crippen molar-refractivity contribution in [2.24, 2.45) is 0 Å². The Balaban J connectivity index is 1.34. The van der Waals surface area contributed by atoms with Gasteiger partial charge in [0, 0.05) is 37.9 Å². The van der Waals surface area contributed by atoms with E-state index in [4.69, 9.17) is 4.74 Å². The van der Waals surface area contributed by atoms with Crippen LogP contribution < -0.4 is 10.2 Å². The predicted molar refractivity (Wildman–Crippen MR) is 127 cm³/mol. The topological polar surface area (TPSA) is 44.8 Å². The van der Waals surface area contributed by atoms with E-state index in [0.717, 1.165) is 56.7 Å². The van der Waals surface area contributed by atoms with Gasteiger partial charge in [-0.05, 0) is 75.8 Å². The van der Waals surface area contributed by atoms with Crippen LogP contribution in [0.4, 0.5) is 16.2 Å². The zero-order valence-electron chi connectivity index (χ0n) is 19.1. The van der Waals surface area contributed by atoms with Crippen LogP contribution >= 0.6 is 0 Å². The molecule has 0 spiro atoms. The molecule has 0 radical (unpaired) electrons. The third-order valence-electron chi connectivity index (χ3n) is 6.02. The Hall–Kier alpha value is -2.53. The van der Waals surface area contributed by atoms with E-state index in [1.54, 1.807) is 4.90 Å². The summed E-state index contributed by atoms with van der Waals surface area (Å²) >= 11 is 0. The summed E-state index contributed by atoms with van der Waals surface area (Å²) in [5.41, 5.74) is 4.28. The third kappa shape index (κ3) is 5.79. The van der Waals surface area contributed by atoms with E-state index < -0.39 is 5.60 Å². The molecule has 1 saturated heterocycles. The van der Waals surface area contributed by atoms with Gasteiger partial charge in [0.05, 0.1) is 5.69 Å². The number of piperidine rings is 1. The van der Waals surface area contributed by atoms with Gasteiger partial charge >= 0.3 is 6.09 Å². The maximum absolute atomic E-state index is 12.6. The van der Waals surface area contributed by atoms with Gasteiger partial charge in [-0.2, -0.15) is 0 Å². The largest absolute Gasteiger partial charge is 0.443 e. The molecule has 0 aromatic heterocycles. The van der Waals surface area contributed by atoms with Crippen LogP contribution in [0.3, 0.4) is 0 Å². The van der Waals surface area contributed by atoms with Crippen LogP contribution in [0.5, 0.6) is 0 Å². The molecule has 0 bridgehead atoms. The van der Waals surface area contributed by atoms with Crippen LogP contribution in [-0.2, 0) is 17.7 Å². The Labute approximate surface area is 186 Å². The number of fused-ring (bicyclic) bond motifs is 1. The first-order valence-electron chi connectivity index (χ1n) is 11.5. The first kappa shape index (κ1) is 21.7. The van der Waals surface area contributed by atoms with Crippen LogP contribution in [0, 0.1) is 0 Å². The van der Waals surface area contributed by atoms with Crippen molar-refractivity contribution in [2.75, 3.05) is 29.9 Å². The molecule has 2 aliphatic rings. The zero-order chi connectivity index (χ0) is 21.8. The summed E-state index contributed by atoms with van der Waals surface area (Å²) in [6, 6.07) is 17.6. The Morgan fingerprint density at radius 3 is 2.52 bits per heavy atom. The Morgan fingerprint density at radius 2 is 1.81 bits per heavy atom. The van der Waals surface area contributed by atoms with Gasteiger partial charge in [0.25, 0.3) is 0 Å². The maximum atomic E-state index is 12.6. The number of anilines is 2. The smallest absolute Gasteiger partial charge is 0.414 e. The number of benzene rings is 2. The number of nitrogens with one attached hydrogen (secondary N) is 1. The number of ether oxygens (including phenoxy) is 1. The predicted octanol–water partition coefficient (Wildman–Crippen LogP) is 5.45. The number of amides is 1. The summed E-state index contributed by atoms with van der Waals surface area (Å²) in [4.78, 5) is 17.0. The van der Waals surface area contributed by atoms with Gasteiger partial charge in [-0.25, -0.2) is 4.79 Å². The highest BCUT2D eigenvalue weighted by Crippen LogP contribution is 2.31. The first-order chi connectivity index (χ1) is 14.9. The molecule has 166 valence electrons. The fourth-order valence-corrected chi connectivity index (χ4v) is 4.51. The second-order valence-electron chi connectivity index (χ2n) is 9.76. The fourth-order valence-electron chi connectivity index (χ4n) is 4.51. The van der Waals surface area contributed by atoms with Crippen molar-refractivity contribution in [2.45, 2.75) is 64.6 Å². The van der Waals surface area contributed by atoms with Gasteiger partial charge in [-0.3, -0.25) is 9.80 Å². The standard InChI is InChI=1S/C26H35N3O2/c1-26(2,3)31-25(30)29-15-7-10-21-18-23(11-12-24(21)29)27-22-13-16-28(17-14-22)19-20-8-5-4-6-9-20/h4-6,8-9,11-12,18,22,27H,7,10,13-17,19H2,1-3H3. The highest BCUT2D eigenvalue weighted by molar-refractivity contribution is 5.90. The number of carbonyl (C=O) groups is 1. The number of likely N-dealkylation sites (tertiary alicyclic amines) is 1. The van der Waals surface area contributed by atoms with Crippen molar-refractivity contribution in [1.82, 2.24) is 4.90 Å². The van der Waals surface area contributed by atoms with Gasteiger partial charge in [0.1, 0.15) is 5.60 Å². The Kier molecular flexibility index (Phi) is 6.51. The van der Waals surface area contributed by atoms with Crippen molar-refractivity contribution < 1.29 is 9.53 Å². The molecule has 1 amide bonds. The van der Waals surface area contributed by atoms with E-state index in [1.165, 1.54) is 11.1 Å². The average molecular weight is 422 g/mol. The summed E-state index contributed by atoms with van der Waals surface area (Å²) < 4.78 is 5.61. The van der Waals surface area contributed by atoms with E-state index in [1.807, 2.05) is 20.8 Å². The molecule has 1 fully saturated rings. The van der Waals surface area contributed by atoms with Gasteiger partial charge in [0.15, 0.2) is 0 Å². The van der Waals surface area contributed by atoms with Crippen LogP contribution in [0.2, 0.25) is 0 Å². The number of nitrogens with zero attached hydrogens (tertiary/aromatic N) is 2. The number of rotatable bonds is 4. The molecule has 4 rings (SSSR count). The molecule has 31 heavy (non-hydrogen) atoms. The zero-order valence-corrected chi connectivity index (χ0v) is 19.1. The average Bonchev–Trinajstić information content (AvgIpc) is 2.74. The molecular formula is C26H35N3O2. The van der Waals surface area contributed by atoms with Crippen LogP contribution in [0.15, 0.2) is 48.5 Å². The molecule has 1 N–H and O–H groups in total. The fraction of sp³-hybridized carbons (Fsp3) is 0.500. The molecular weight excluding hydrogens is 386 g/mol. The van der Waals surface area contributed by atoms with E-state index >= 15 is 0 Å². The van der Waals surface area contributed by atoms with E-state index in [2.05, 4.69) is 58.7 Å². The Bertz CT molecular complexity index is 883. The molecule has 0 saturated carbocycles. The summed E-state index contributed by atoms with van der Waals surface area (Å²) in [7, 11) is 0. The van der Waals surface area contributed by atoms with Gasteiger partial charge in [0.2, 0.25) is 0 Å². The van der Waals surface area contributed by atoms with Crippen LogP contribution in [0.1, 0.15) is 51.2 Å². The van der Waals surface area contributed by atoms with Crippen molar-refractivity contribution in [3.63, 3.8) is 0 Å². The van der Waals surface area contributed by atoms with Gasteiger partial charge in [-0.15, -0.1) is 0 Å². The molecule has 5 nitrogen and oxygen atoms in total. The molecule has 5 heteroatoms. The number of carbonyl (C=O) groups excluding carboxylic acids is 1. The highest BCUT2D eigenvalue weighted by atomic mass is 16.6. The highest BCUT2D eigenvalue weighted by Gasteiger charge is 2.27. The number of hydrogen-bond acceptors (Lipinski definition) is 4. The first-order valence-corrected chi connectivity index (χ1v) is 11.5. The second kappa shape index (κ2) is 9.31. The molecule has 2 aromatic rings. The monoisotopic (exact) mass is 421 g/mol. The lowest BCUT2D eigenvalue weighted by Gasteiger charge is -2.34. The maximum Gasteiger partial charge on any atom is 0.414 e. The summed E-state index contributed by atoms with van der Waals surface area (Å²) in [5, 5.41) is 3.74. The van der Waals surface area contributed by atoms with Gasteiger partial charge < -0.3 is 10.1 Å². The van der Waals surface area contributed by atoms with E-state index in [9.17, 15) is 4.79 Å². The van der Waals surface area contributed by atoms with Gasteiger partial charge in [-0.1, -0.05) is 30.3 Å². The molecule has 0 aliphatic carbocycles. The summed E-state index contributed by atoms with van der Waals surface area (Å²) in [5.74, 6) is 0. The minimum Gasteiger partial charge on any atom is -0.443 e. The third-order valence-corrected chi connectivity index (χ3v) is 6.02. The van der Waals surface area contributed by atoms with Crippen molar-refractivity contribution >= 4 is 17.5 Å². The van der Waals surface area contributed by atoms with E-state index in [0.29, 0.717) is 12.6 Å². The number of hydrogen-bond donors (Lipinski definition) is 1. The van der Waals surface area contributed by atoms with Crippen molar-refractivity contribution in [3.05, 3.63) is 59.7 Å². The lowest BCUT2D eigenvalue weighted by atomic mass is 10.00. The molecule has 2 heterocycles. The van der Waals surface area contributed by atoms with Crippen molar-refractivity contribution in [1.29, 1.82) is 0 Å². The summed E-state index contributed by atoms with van der Waals surface area (Å²) in [6.07, 6.45) is 4.01. The van der Waals surface area contributed by atoms with Crippen LogP contribution in [0.25, 0.3) is 0 Å². The minimum absolute atomic E-state index is 0.250. The van der Waals surface area contributed by atoms with Crippen molar-refractivity contribution in [3.8, 4) is 0 Å². The molecule has 2 aromatic carbocycles. The molecule has 0 atom stereocenters. The lowest BCUT2D eigenvalue weighted by molar-refractivity contribution is 0.0578. The molecule has 2 aliphatic heterocycles. The SMILES string of the molecule is CC(C)(C)OC(=O)N1CCCc2cc(NC3CCN(Cc4ccccc4)CC3)ccc21. The second-order valence-corrected chi connectivity index (χ2v) is 9.76. The lowest BCUT2D eigenvalue weighted by Crippen LogP contribution is -2.40.